The van der Waals surface area contributed by atoms with Gasteiger partial charge in [-0.25, -0.2) is 9.97 Å². The summed E-state index contributed by atoms with van der Waals surface area (Å²) < 4.78 is 15.9. The van der Waals surface area contributed by atoms with Gasteiger partial charge in [0.15, 0.2) is 11.5 Å². The highest BCUT2D eigenvalue weighted by Gasteiger charge is 2.27. The predicted molar refractivity (Wildman–Crippen MR) is 76.9 cm³/mol. The average Bonchev–Trinajstić information content (AvgIpc) is 2.91. The zero-order valence-electron chi connectivity index (χ0n) is 11.9. The minimum Gasteiger partial charge on any atom is -0.493 e. The first-order chi connectivity index (χ1) is 10.2. The van der Waals surface area contributed by atoms with Gasteiger partial charge in [0.1, 0.15) is 17.7 Å². The van der Waals surface area contributed by atoms with E-state index in [1.54, 1.807) is 20.3 Å². The second-order valence-electron chi connectivity index (χ2n) is 4.78. The van der Waals surface area contributed by atoms with Crippen LogP contribution in [0.1, 0.15) is 0 Å². The highest BCUT2D eigenvalue weighted by Crippen LogP contribution is 2.36. The Kier molecular flexibility index (Phi) is 3.76. The van der Waals surface area contributed by atoms with Crippen molar-refractivity contribution in [1.29, 1.82) is 0 Å². The van der Waals surface area contributed by atoms with Crippen molar-refractivity contribution in [2.75, 3.05) is 32.8 Å². The Morgan fingerprint density at radius 3 is 2.76 bits per heavy atom. The highest BCUT2D eigenvalue weighted by atomic mass is 16.5. The van der Waals surface area contributed by atoms with Gasteiger partial charge < -0.3 is 24.6 Å². The standard InChI is InChI=1S/C14H17N3O4/c1-19-11-4-3-8-12(13(11)20-2)15-7-16-14(8)17-9-5-21-6-10(9)18/h3-4,7,9-10,18H,5-6H2,1-2H3,(H,15,16,17)/t9-,10?/m1/s1. The van der Waals surface area contributed by atoms with Gasteiger partial charge in [-0.2, -0.15) is 0 Å². The van der Waals surface area contributed by atoms with Crippen molar-refractivity contribution in [3.05, 3.63) is 18.5 Å². The van der Waals surface area contributed by atoms with Crippen LogP contribution < -0.4 is 14.8 Å². The lowest BCUT2D eigenvalue weighted by atomic mass is 10.1. The molecule has 0 spiro atoms. The van der Waals surface area contributed by atoms with Gasteiger partial charge in [-0.15, -0.1) is 0 Å². The number of aliphatic hydroxyl groups is 1. The van der Waals surface area contributed by atoms with Crippen LogP contribution in [-0.2, 0) is 4.74 Å². The summed E-state index contributed by atoms with van der Waals surface area (Å²) in [5.41, 5.74) is 0.655. The number of anilines is 1. The maximum Gasteiger partial charge on any atom is 0.187 e. The van der Waals surface area contributed by atoms with Gasteiger partial charge in [0, 0.05) is 5.39 Å². The Labute approximate surface area is 121 Å². The van der Waals surface area contributed by atoms with Gasteiger partial charge in [-0.05, 0) is 12.1 Å². The molecular formula is C14H17N3O4. The summed E-state index contributed by atoms with van der Waals surface area (Å²) >= 11 is 0. The quantitative estimate of drug-likeness (QED) is 0.862. The third-order valence-corrected chi connectivity index (χ3v) is 3.52. The maximum absolute atomic E-state index is 9.83. The topological polar surface area (TPSA) is 85.7 Å². The van der Waals surface area contributed by atoms with Crippen LogP contribution in [0.3, 0.4) is 0 Å². The van der Waals surface area contributed by atoms with Gasteiger partial charge in [-0.3, -0.25) is 0 Å². The molecule has 1 unspecified atom stereocenters. The molecule has 2 N–H and O–H groups in total. The lowest BCUT2D eigenvalue weighted by Crippen LogP contribution is -2.32. The molecule has 1 saturated heterocycles. The van der Waals surface area contributed by atoms with Crippen molar-refractivity contribution in [3.8, 4) is 11.5 Å². The molecule has 1 fully saturated rings. The third kappa shape index (κ3) is 2.45. The van der Waals surface area contributed by atoms with Crippen LogP contribution in [0.25, 0.3) is 10.9 Å². The van der Waals surface area contributed by atoms with Crippen LogP contribution in [0.15, 0.2) is 18.5 Å². The number of nitrogens with zero attached hydrogens (tertiary/aromatic N) is 2. The minimum atomic E-state index is -0.546. The van der Waals surface area contributed by atoms with E-state index >= 15 is 0 Å². The number of aromatic nitrogens is 2. The van der Waals surface area contributed by atoms with Gasteiger partial charge in [0.2, 0.25) is 0 Å². The summed E-state index contributed by atoms with van der Waals surface area (Å²) in [5.74, 6) is 1.80. The zero-order valence-corrected chi connectivity index (χ0v) is 11.9. The van der Waals surface area contributed by atoms with Crippen molar-refractivity contribution >= 4 is 16.7 Å². The van der Waals surface area contributed by atoms with E-state index in [-0.39, 0.29) is 6.04 Å². The summed E-state index contributed by atoms with van der Waals surface area (Å²) in [7, 11) is 3.15. The van der Waals surface area contributed by atoms with Gasteiger partial charge in [-0.1, -0.05) is 0 Å². The number of aliphatic hydroxyl groups excluding tert-OH is 1. The molecule has 2 aromatic rings. The molecule has 112 valence electrons. The molecule has 0 amide bonds. The molecule has 1 aliphatic rings. The Morgan fingerprint density at radius 1 is 1.24 bits per heavy atom. The third-order valence-electron chi connectivity index (χ3n) is 3.52. The van der Waals surface area contributed by atoms with E-state index in [0.717, 1.165) is 5.39 Å². The monoisotopic (exact) mass is 291 g/mol. The fraction of sp³-hybridized carbons (Fsp3) is 0.429. The predicted octanol–water partition coefficient (Wildman–Crippen LogP) is 0.819. The number of ether oxygens (including phenoxy) is 3. The molecule has 1 aromatic carbocycles. The maximum atomic E-state index is 9.83. The Bertz CT molecular complexity index is 649. The number of rotatable bonds is 4. The number of nitrogens with one attached hydrogen (secondary N) is 1. The SMILES string of the molecule is COc1ccc2c(N[C@@H]3COCC3O)ncnc2c1OC. The molecule has 21 heavy (non-hydrogen) atoms. The molecule has 3 rings (SSSR count). The van der Waals surface area contributed by atoms with E-state index in [2.05, 4.69) is 15.3 Å². The molecule has 2 heterocycles. The summed E-state index contributed by atoms with van der Waals surface area (Å²) in [6.07, 6.45) is 0.907. The zero-order chi connectivity index (χ0) is 14.8. The van der Waals surface area contributed by atoms with E-state index < -0.39 is 6.10 Å². The van der Waals surface area contributed by atoms with Crippen LogP contribution in [-0.4, -0.2) is 54.7 Å². The second kappa shape index (κ2) is 5.71. The molecule has 1 aliphatic heterocycles. The smallest absolute Gasteiger partial charge is 0.187 e. The first-order valence-corrected chi connectivity index (χ1v) is 6.62. The minimum absolute atomic E-state index is 0.184. The van der Waals surface area contributed by atoms with Gasteiger partial charge >= 0.3 is 0 Å². The van der Waals surface area contributed by atoms with Crippen molar-refractivity contribution < 1.29 is 19.3 Å². The first-order valence-electron chi connectivity index (χ1n) is 6.62. The molecule has 0 saturated carbocycles. The molecule has 7 heteroatoms. The molecular weight excluding hydrogens is 274 g/mol. The van der Waals surface area contributed by atoms with Crippen LogP contribution in [0.4, 0.5) is 5.82 Å². The van der Waals surface area contributed by atoms with Crippen molar-refractivity contribution in [2.45, 2.75) is 12.1 Å². The van der Waals surface area contributed by atoms with Crippen molar-refractivity contribution in [2.24, 2.45) is 0 Å². The fourth-order valence-corrected chi connectivity index (χ4v) is 2.42. The summed E-state index contributed by atoms with van der Waals surface area (Å²) in [4.78, 5) is 8.52. The van der Waals surface area contributed by atoms with E-state index in [9.17, 15) is 5.11 Å². The van der Waals surface area contributed by atoms with E-state index in [0.29, 0.717) is 36.0 Å². The number of benzene rings is 1. The van der Waals surface area contributed by atoms with E-state index in [1.807, 2.05) is 6.07 Å². The van der Waals surface area contributed by atoms with Crippen LogP contribution in [0, 0.1) is 0 Å². The Balaban J connectivity index is 2.03. The molecule has 0 aliphatic carbocycles. The van der Waals surface area contributed by atoms with E-state index in [1.165, 1.54) is 6.33 Å². The number of hydrogen-bond acceptors (Lipinski definition) is 7. The summed E-state index contributed by atoms with van der Waals surface area (Å²) in [5, 5.41) is 13.8. The molecule has 1 aromatic heterocycles. The van der Waals surface area contributed by atoms with Crippen LogP contribution in [0.5, 0.6) is 11.5 Å². The first kappa shape index (κ1) is 13.8. The lowest BCUT2D eigenvalue weighted by Gasteiger charge is -2.17. The lowest BCUT2D eigenvalue weighted by molar-refractivity contribution is 0.125. The average molecular weight is 291 g/mol. The Morgan fingerprint density at radius 2 is 2.10 bits per heavy atom. The molecule has 2 atom stereocenters. The van der Waals surface area contributed by atoms with Crippen LogP contribution >= 0.6 is 0 Å². The van der Waals surface area contributed by atoms with Crippen molar-refractivity contribution in [3.63, 3.8) is 0 Å². The van der Waals surface area contributed by atoms with Crippen molar-refractivity contribution in [1.82, 2.24) is 9.97 Å². The van der Waals surface area contributed by atoms with Gasteiger partial charge in [0.05, 0.1) is 39.6 Å². The molecule has 0 radical (unpaired) electrons. The number of fused-ring (bicyclic) bond motifs is 1. The van der Waals surface area contributed by atoms with Crippen LogP contribution in [0.2, 0.25) is 0 Å². The number of hydrogen-bond donors (Lipinski definition) is 2. The summed E-state index contributed by atoms with van der Waals surface area (Å²) in [6, 6.07) is 3.48. The highest BCUT2D eigenvalue weighted by molar-refractivity contribution is 5.94. The van der Waals surface area contributed by atoms with Gasteiger partial charge in [0.25, 0.3) is 0 Å². The van der Waals surface area contributed by atoms with E-state index in [4.69, 9.17) is 14.2 Å². The number of methoxy groups -OCH3 is 2. The second-order valence-corrected chi connectivity index (χ2v) is 4.78. The summed E-state index contributed by atoms with van der Waals surface area (Å²) in [6.45, 7) is 0.776. The largest absolute Gasteiger partial charge is 0.493 e. The normalized spacial score (nSPS) is 21.5. The Hall–Kier alpha value is -2.12. The molecule has 7 nitrogen and oxygen atoms in total. The fourth-order valence-electron chi connectivity index (χ4n) is 2.42. The molecule has 0 bridgehead atoms.